The van der Waals surface area contributed by atoms with Crippen LogP contribution in [0.5, 0.6) is 0 Å². The summed E-state index contributed by atoms with van der Waals surface area (Å²) < 4.78 is 10.6. The van der Waals surface area contributed by atoms with Gasteiger partial charge in [-0.1, -0.05) is 29.2 Å². The standard InChI is InChI=1S/C16H18N6O2/c17-16(8-2-3-9-16)15-20-13(24-22-15)7-6-12-19-14(21-23-12)11-5-1-4-10-18-11/h1,4-5,10H,2-3,6-9,17H2. The summed E-state index contributed by atoms with van der Waals surface area (Å²) in [6, 6.07) is 5.55. The SMILES string of the molecule is NC1(c2noc(CCc3nc(-c4ccccn4)no3)n2)CCCC1. The van der Waals surface area contributed by atoms with Crippen molar-refractivity contribution in [1.82, 2.24) is 25.3 Å². The third-order valence-corrected chi connectivity index (χ3v) is 4.32. The summed E-state index contributed by atoms with van der Waals surface area (Å²) in [4.78, 5) is 13.0. The van der Waals surface area contributed by atoms with Gasteiger partial charge < -0.3 is 14.8 Å². The number of pyridine rings is 1. The molecule has 0 radical (unpaired) electrons. The van der Waals surface area contributed by atoms with Gasteiger partial charge in [-0.15, -0.1) is 0 Å². The third kappa shape index (κ3) is 2.92. The van der Waals surface area contributed by atoms with E-state index in [0.29, 0.717) is 42.0 Å². The van der Waals surface area contributed by atoms with Crippen molar-refractivity contribution in [2.45, 2.75) is 44.1 Å². The van der Waals surface area contributed by atoms with E-state index in [0.717, 1.165) is 25.7 Å². The monoisotopic (exact) mass is 326 g/mol. The zero-order valence-electron chi connectivity index (χ0n) is 13.2. The minimum absolute atomic E-state index is 0.432. The largest absolute Gasteiger partial charge is 0.339 e. The second kappa shape index (κ2) is 6.12. The third-order valence-electron chi connectivity index (χ3n) is 4.32. The Kier molecular flexibility index (Phi) is 3.81. The fraction of sp³-hybridized carbons (Fsp3) is 0.438. The number of rotatable bonds is 5. The first-order chi connectivity index (χ1) is 11.7. The maximum Gasteiger partial charge on any atom is 0.227 e. The van der Waals surface area contributed by atoms with Crippen LogP contribution in [0.15, 0.2) is 33.4 Å². The van der Waals surface area contributed by atoms with Crippen molar-refractivity contribution in [3.05, 3.63) is 42.0 Å². The van der Waals surface area contributed by atoms with Gasteiger partial charge in [0.25, 0.3) is 0 Å². The minimum atomic E-state index is -0.432. The lowest BCUT2D eigenvalue weighted by Gasteiger charge is -2.17. The Morgan fingerprint density at radius 1 is 1.00 bits per heavy atom. The Bertz CT molecular complexity index is 807. The van der Waals surface area contributed by atoms with Gasteiger partial charge in [0.05, 0.1) is 5.54 Å². The van der Waals surface area contributed by atoms with E-state index in [1.54, 1.807) is 6.20 Å². The lowest BCUT2D eigenvalue weighted by Crippen LogP contribution is -2.34. The molecule has 8 heteroatoms. The summed E-state index contributed by atoms with van der Waals surface area (Å²) in [5.74, 6) is 2.14. The molecule has 2 N–H and O–H groups in total. The summed E-state index contributed by atoms with van der Waals surface area (Å²) >= 11 is 0. The molecule has 1 fully saturated rings. The highest BCUT2D eigenvalue weighted by Crippen LogP contribution is 2.34. The minimum Gasteiger partial charge on any atom is -0.339 e. The molecule has 0 unspecified atom stereocenters. The second-order valence-corrected chi connectivity index (χ2v) is 6.10. The molecule has 4 rings (SSSR count). The van der Waals surface area contributed by atoms with Gasteiger partial charge in [0.2, 0.25) is 17.6 Å². The average Bonchev–Trinajstić information content (AvgIpc) is 3.35. The molecule has 0 amide bonds. The lowest BCUT2D eigenvalue weighted by atomic mass is 9.99. The van der Waals surface area contributed by atoms with Crippen LogP contribution in [0, 0.1) is 0 Å². The molecule has 0 aliphatic heterocycles. The van der Waals surface area contributed by atoms with Gasteiger partial charge in [-0.05, 0) is 25.0 Å². The quantitative estimate of drug-likeness (QED) is 0.757. The Morgan fingerprint density at radius 2 is 1.75 bits per heavy atom. The van der Waals surface area contributed by atoms with Gasteiger partial charge in [-0.2, -0.15) is 9.97 Å². The lowest BCUT2D eigenvalue weighted by molar-refractivity contribution is 0.339. The summed E-state index contributed by atoms with van der Waals surface area (Å²) in [6.07, 6.45) is 6.78. The molecule has 1 saturated carbocycles. The van der Waals surface area contributed by atoms with E-state index in [-0.39, 0.29) is 0 Å². The molecule has 0 saturated heterocycles. The van der Waals surface area contributed by atoms with Gasteiger partial charge in [-0.3, -0.25) is 4.98 Å². The summed E-state index contributed by atoms with van der Waals surface area (Å²) in [6.45, 7) is 0. The summed E-state index contributed by atoms with van der Waals surface area (Å²) in [5.41, 5.74) is 6.58. The zero-order valence-corrected chi connectivity index (χ0v) is 13.2. The highest BCUT2D eigenvalue weighted by molar-refractivity contribution is 5.46. The van der Waals surface area contributed by atoms with Crippen LogP contribution in [0.25, 0.3) is 11.5 Å². The van der Waals surface area contributed by atoms with Gasteiger partial charge >= 0.3 is 0 Å². The van der Waals surface area contributed by atoms with E-state index in [9.17, 15) is 0 Å². The van der Waals surface area contributed by atoms with E-state index in [4.69, 9.17) is 14.8 Å². The van der Waals surface area contributed by atoms with Crippen molar-refractivity contribution in [2.75, 3.05) is 0 Å². The Morgan fingerprint density at radius 3 is 2.50 bits per heavy atom. The molecular formula is C16H18N6O2. The molecule has 1 aliphatic carbocycles. The van der Waals surface area contributed by atoms with E-state index < -0.39 is 5.54 Å². The number of nitrogens with two attached hydrogens (primary N) is 1. The molecule has 0 aromatic carbocycles. The van der Waals surface area contributed by atoms with Crippen molar-refractivity contribution in [3.8, 4) is 11.5 Å². The predicted octanol–water partition coefficient (Wildman–Crippen LogP) is 2.03. The van der Waals surface area contributed by atoms with Gasteiger partial charge in [-0.25, -0.2) is 0 Å². The Labute approximate surface area is 138 Å². The highest BCUT2D eigenvalue weighted by Gasteiger charge is 2.35. The molecule has 0 bridgehead atoms. The molecule has 8 nitrogen and oxygen atoms in total. The Balaban J connectivity index is 1.41. The molecule has 3 aromatic heterocycles. The van der Waals surface area contributed by atoms with Crippen LogP contribution in [0.4, 0.5) is 0 Å². The molecule has 0 atom stereocenters. The van der Waals surface area contributed by atoms with Crippen LogP contribution in [0.2, 0.25) is 0 Å². The first kappa shape index (κ1) is 14.9. The molecular weight excluding hydrogens is 308 g/mol. The summed E-state index contributed by atoms with van der Waals surface area (Å²) in [7, 11) is 0. The second-order valence-electron chi connectivity index (χ2n) is 6.10. The van der Waals surface area contributed by atoms with Crippen LogP contribution in [-0.2, 0) is 18.4 Å². The number of aryl methyl sites for hydroxylation is 2. The van der Waals surface area contributed by atoms with Crippen LogP contribution in [0.3, 0.4) is 0 Å². The number of aromatic nitrogens is 5. The first-order valence-corrected chi connectivity index (χ1v) is 8.09. The normalized spacial score (nSPS) is 16.5. The number of hydrogen-bond donors (Lipinski definition) is 1. The van der Waals surface area contributed by atoms with Gasteiger partial charge in [0.1, 0.15) is 5.69 Å². The molecule has 24 heavy (non-hydrogen) atoms. The van der Waals surface area contributed by atoms with Crippen molar-refractivity contribution < 1.29 is 9.05 Å². The Hall–Kier alpha value is -2.61. The topological polar surface area (TPSA) is 117 Å². The van der Waals surface area contributed by atoms with Crippen molar-refractivity contribution in [1.29, 1.82) is 0 Å². The van der Waals surface area contributed by atoms with Crippen molar-refractivity contribution >= 4 is 0 Å². The number of hydrogen-bond acceptors (Lipinski definition) is 8. The molecule has 124 valence electrons. The molecule has 1 aliphatic rings. The van der Waals surface area contributed by atoms with Gasteiger partial charge in [0, 0.05) is 19.0 Å². The fourth-order valence-electron chi connectivity index (χ4n) is 2.96. The van der Waals surface area contributed by atoms with E-state index >= 15 is 0 Å². The smallest absolute Gasteiger partial charge is 0.227 e. The molecule has 3 heterocycles. The van der Waals surface area contributed by atoms with Crippen LogP contribution < -0.4 is 5.73 Å². The highest BCUT2D eigenvalue weighted by atomic mass is 16.5. The van der Waals surface area contributed by atoms with Crippen LogP contribution in [0.1, 0.15) is 43.3 Å². The van der Waals surface area contributed by atoms with Crippen LogP contribution >= 0.6 is 0 Å². The zero-order chi connectivity index (χ0) is 16.4. The van der Waals surface area contributed by atoms with E-state index in [2.05, 4.69) is 25.3 Å². The maximum absolute atomic E-state index is 6.34. The van der Waals surface area contributed by atoms with Crippen molar-refractivity contribution in [2.24, 2.45) is 5.73 Å². The maximum atomic E-state index is 6.34. The summed E-state index contributed by atoms with van der Waals surface area (Å²) in [5, 5.41) is 7.99. The fourth-order valence-corrected chi connectivity index (χ4v) is 2.96. The average molecular weight is 326 g/mol. The predicted molar refractivity (Wildman–Crippen MR) is 83.6 cm³/mol. The van der Waals surface area contributed by atoms with Gasteiger partial charge in [0.15, 0.2) is 5.82 Å². The van der Waals surface area contributed by atoms with Crippen molar-refractivity contribution in [3.63, 3.8) is 0 Å². The van der Waals surface area contributed by atoms with E-state index in [1.165, 1.54) is 0 Å². The number of nitrogens with zero attached hydrogens (tertiary/aromatic N) is 5. The van der Waals surface area contributed by atoms with Crippen LogP contribution in [-0.4, -0.2) is 25.3 Å². The molecule has 3 aromatic rings. The molecule has 0 spiro atoms. The first-order valence-electron chi connectivity index (χ1n) is 8.09. The van der Waals surface area contributed by atoms with E-state index in [1.807, 2.05) is 18.2 Å².